The van der Waals surface area contributed by atoms with E-state index in [1.165, 1.54) is 18.0 Å². The van der Waals surface area contributed by atoms with E-state index in [9.17, 15) is 0 Å². The van der Waals surface area contributed by atoms with Crippen LogP contribution in [0.15, 0.2) is 17.4 Å². The van der Waals surface area contributed by atoms with E-state index in [0.29, 0.717) is 5.15 Å². The molecule has 1 atom stereocenters. The van der Waals surface area contributed by atoms with Crippen LogP contribution in [0.4, 0.5) is 0 Å². The molecule has 3 nitrogen and oxygen atoms in total. The first-order valence-electron chi connectivity index (χ1n) is 3.47. The fourth-order valence-electron chi connectivity index (χ4n) is 0.626. The molecule has 12 heavy (non-hydrogen) atoms. The zero-order chi connectivity index (χ0) is 8.97. The summed E-state index contributed by atoms with van der Waals surface area (Å²) in [6.45, 7) is 2.03. The summed E-state index contributed by atoms with van der Waals surface area (Å²) in [6.07, 6.45) is 3.11. The van der Waals surface area contributed by atoms with Gasteiger partial charge in [0.2, 0.25) is 0 Å². The lowest BCUT2D eigenvalue weighted by atomic mass is 10.5. The van der Waals surface area contributed by atoms with Crippen LogP contribution in [-0.4, -0.2) is 26.9 Å². The number of hydrogen-bond donors (Lipinski definition) is 1. The lowest BCUT2D eigenvalue weighted by molar-refractivity contribution is 0.300. The molecule has 1 aromatic rings. The molecule has 0 saturated heterocycles. The highest BCUT2D eigenvalue weighted by atomic mass is 35.5. The van der Waals surface area contributed by atoms with Crippen LogP contribution in [-0.2, 0) is 0 Å². The van der Waals surface area contributed by atoms with Gasteiger partial charge in [-0.1, -0.05) is 30.3 Å². The van der Waals surface area contributed by atoms with Crippen molar-refractivity contribution in [2.45, 2.75) is 17.2 Å². The van der Waals surface area contributed by atoms with Crippen molar-refractivity contribution in [3.63, 3.8) is 0 Å². The van der Waals surface area contributed by atoms with Gasteiger partial charge in [-0.05, 0) is 0 Å². The Hall–Kier alpha value is -0.320. The van der Waals surface area contributed by atoms with E-state index in [4.69, 9.17) is 16.7 Å². The average Bonchev–Trinajstić information content (AvgIpc) is 2.04. The largest absolute Gasteiger partial charge is 0.395 e. The van der Waals surface area contributed by atoms with Gasteiger partial charge >= 0.3 is 0 Å². The first-order valence-corrected chi connectivity index (χ1v) is 4.73. The number of aliphatic hydroxyl groups is 1. The summed E-state index contributed by atoms with van der Waals surface area (Å²) in [4.78, 5) is 7.89. The van der Waals surface area contributed by atoms with Crippen molar-refractivity contribution in [1.29, 1.82) is 0 Å². The van der Waals surface area contributed by atoms with Gasteiger partial charge in [0, 0.05) is 5.25 Å². The predicted molar refractivity (Wildman–Crippen MR) is 49.4 cm³/mol. The van der Waals surface area contributed by atoms with E-state index in [1.54, 1.807) is 6.20 Å². The first kappa shape index (κ1) is 9.77. The Morgan fingerprint density at radius 1 is 1.67 bits per heavy atom. The molecule has 0 bridgehead atoms. The molecule has 0 aromatic carbocycles. The van der Waals surface area contributed by atoms with Gasteiger partial charge in [-0.2, -0.15) is 0 Å². The summed E-state index contributed by atoms with van der Waals surface area (Å²) in [5, 5.41) is 10.0. The summed E-state index contributed by atoms with van der Waals surface area (Å²) in [7, 11) is 0. The maximum Gasteiger partial charge on any atom is 0.148 e. The third kappa shape index (κ3) is 2.97. The summed E-state index contributed by atoms with van der Waals surface area (Å²) in [5.74, 6) is 0. The molecule has 1 rings (SSSR count). The molecule has 0 radical (unpaired) electrons. The highest BCUT2D eigenvalue weighted by Crippen LogP contribution is 2.20. The Morgan fingerprint density at radius 2 is 2.42 bits per heavy atom. The summed E-state index contributed by atoms with van der Waals surface area (Å²) in [5.41, 5.74) is 0. The summed E-state index contributed by atoms with van der Waals surface area (Å²) >= 11 is 7.07. The second-order valence-corrected chi connectivity index (χ2v) is 4.14. The summed E-state index contributed by atoms with van der Waals surface area (Å²) < 4.78 is 0. The molecule has 0 aliphatic heterocycles. The molecule has 0 spiro atoms. The van der Waals surface area contributed by atoms with Gasteiger partial charge in [0.1, 0.15) is 10.2 Å². The third-order valence-corrected chi connectivity index (χ3v) is 2.33. The second-order valence-electron chi connectivity index (χ2n) is 2.29. The van der Waals surface area contributed by atoms with Crippen LogP contribution < -0.4 is 0 Å². The lowest BCUT2D eigenvalue weighted by Crippen LogP contribution is -2.02. The molecule has 0 fully saturated rings. The fraction of sp³-hybridized carbons (Fsp3) is 0.429. The van der Waals surface area contributed by atoms with E-state index >= 15 is 0 Å². The van der Waals surface area contributed by atoms with Gasteiger partial charge < -0.3 is 5.11 Å². The van der Waals surface area contributed by atoms with Gasteiger partial charge in [0.25, 0.3) is 0 Å². The molecule has 66 valence electrons. The van der Waals surface area contributed by atoms with Crippen LogP contribution in [0.25, 0.3) is 0 Å². The van der Waals surface area contributed by atoms with Crippen LogP contribution in [0, 0.1) is 0 Å². The fourth-order valence-corrected chi connectivity index (χ4v) is 1.58. The van der Waals surface area contributed by atoms with Crippen molar-refractivity contribution in [2.24, 2.45) is 0 Å². The summed E-state index contributed by atoms with van der Waals surface area (Å²) in [6, 6.07) is 0. The number of rotatable bonds is 3. The molecule has 5 heteroatoms. The minimum Gasteiger partial charge on any atom is -0.395 e. The molecule has 1 aromatic heterocycles. The van der Waals surface area contributed by atoms with E-state index in [2.05, 4.69) is 9.97 Å². The van der Waals surface area contributed by atoms with Gasteiger partial charge in [-0.25, -0.2) is 4.98 Å². The zero-order valence-electron chi connectivity index (χ0n) is 6.57. The molecule has 1 heterocycles. The number of hydrogen-bond acceptors (Lipinski definition) is 4. The first-order chi connectivity index (χ1) is 5.72. The van der Waals surface area contributed by atoms with Crippen LogP contribution in [0.5, 0.6) is 0 Å². The average molecular weight is 205 g/mol. The van der Waals surface area contributed by atoms with E-state index < -0.39 is 0 Å². The predicted octanol–water partition coefficient (Wildman–Crippen LogP) is 1.60. The molecule has 0 saturated carbocycles. The van der Waals surface area contributed by atoms with Gasteiger partial charge in [-0.15, -0.1) is 0 Å². The lowest BCUT2D eigenvalue weighted by Gasteiger charge is -2.05. The minimum atomic E-state index is 0.123. The minimum absolute atomic E-state index is 0.123. The number of halogens is 1. The molecular formula is C7H9ClN2OS. The van der Waals surface area contributed by atoms with Crippen LogP contribution in [0.3, 0.4) is 0 Å². The maximum atomic E-state index is 8.76. The molecule has 1 unspecified atom stereocenters. The zero-order valence-corrected chi connectivity index (χ0v) is 8.14. The maximum absolute atomic E-state index is 8.76. The molecule has 0 aliphatic carbocycles. The Labute approximate surface area is 80.2 Å². The van der Waals surface area contributed by atoms with Crippen molar-refractivity contribution < 1.29 is 5.11 Å². The third-order valence-electron chi connectivity index (χ3n) is 1.16. The number of thioether (sulfide) groups is 1. The van der Waals surface area contributed by atoms with Gasteiger partial charge in [0.05, 0.1) is 19.0 Å². The van der Waals surface area contributed by atoms with Crippen LogP contribution >= 0.6 is 23.4 Å². The standard InChI is InChI=1S/C7H9ClN2OS/c1-5(4-11)12-7-3-9-2-6(8)10-7/h2-3,5,11H,4H2,1H3. The van der Waals surface area contributed by atoms with Crippen molar-refractivity contribution in [1.82, 2.24) is 9.97 Å². The molecular weight excluding hydrogens is 196 g/mol. The van der Waals surface area contributed by atoms with Crippen molar-refractivity contribution in [2.75, 3.05) is 6.61 Å². The number of aliphatic hydroxyl groups excluding tert-OH is 1. The SMILES string of the molecule is CC(CO)Sc1cncc(Cl)n1. The van der Waals surface area contributed by atoms with E-state index in [1.807, 2.05) is 6.92 Å². The highest BCUT2D eigenvalue weighted by molar-refractivity contribution is 7.99. The Morgan fingerprint density at radius 3 is 3.00 bits per heavy atom. The molecule has 0 aliphatic rings. The number of nitrogens with zero attached hydrogens (tertiary/aromatic N) is 2. The van der Waals surface area contributed by atoms with Crippen molar-refractivity contribution in [3.05, 3.63) is 17.5 Å². The highest BCUT2D eigenvalue weighted by Gasteiger charge is 2.04. The smallest absolute Gasteiger partial charge is 0.148 e. The van der Waals surface area contributed by atoms with Crippen LogP contribution in [0.2, 0.25) is 5.15 Å². The molecule has 0 amide bonds. The quantitative estimate of drug-likeness (QED) is 0.760. The normalized spacial score (nSPS) is 12.9. The van der Waals surface area contributed by atoms with E-state index in [0.717, 1.165) is 5.03 Å². The Kier molecular flexibility index (Phi) is 3.78. The van der Waals surface area contributed by atoms with Crippen molar-refractivity contribution in [3.8, 4) is 0 Å². The Balaban J connectivity index is 2.63. The van der Waals surface area contributed by atoms with Crippen molar-refractivity contribution >= 4 is 23.4 Å². The second kappa shape index (κ2) is 4.64. The van der Waals surface area contributed by atoms with Crippen LogP contribution in [0.1, 0.15) is 6.92 Å². The Bertz CT molecular complexity index is 259. The van der Waals surface area contributed by atoms with Gasteiger partial charge in [0.15, 0.2) is 0 Å². The topological polar surface area (TPSA) is 46.0 Å². The number of aromatic nitrogens is 2. The molecule has 1 N–H and O–H groups in total. The van der Waals surface area contributed by atoms with E-state index in [-0.39, 0.29) is 11.9 Å². The monoisotopic (exact) mass is 204 g/mol. The van der Waals surface area contributed by atoms with Gasteiger partial charge in [-0.3, -0.25) is 4.98 Å².